The number of nitrogens with two attached hydrogens (primary N) is 2. The van der Waals surface area contributed by atoms with Gasteiger partial charge < -0.3 is 108 Å². The Morgan fingerprint density at radius 1 is 0.824 bits per heavy atom. The summed E-state index contributed by atoms with van der Waals surface area (Å²) in [5.41, 5.74) is 12.6. The molecule has 5 aromatic rings. The molecule has 1 unspecified atom stereocenters. The number of aliphatic hydroxyl groups excluding tert-OH is 1. The lowest BCUT2D eigenvalue weighted by atomic mass is 9.83. The maximum atomic E-state index is 15.2. The molecule has 40 heteroatoms. The summed E-state index contributed by atoms with van der Waals surface area (Å²) in [7, 11) is 9.62. The number of amides is 12. The molecule has 4 aliphatic rings. The van der Waals surface area contributed by atoms with Gasteiger partial charge in [0.2, 0.25) is 65.0 Å². The molecule has 0 spiro atoms. The largest absolute Gasteiger partial charge is 0.508 e. The van der Waals surface area contributed by atoms with Gasteiger partial charge in [-0.05, 0) is 113 Å². The molecule has 4 bridgehead atoms. The van der Waals surface area contributed by atoms with Gasteiger partial charge in [0, 0.05) is 106 Å². The van der Waals surface area contributed by atoms with Crippen LogP contribution in [0.3, 0.4) is 0 Å². The van der Waals surface area contributed by atoms with Gasteiger partial charge in [-0.15, -0.1) is 0 Å². The van der Waals surface area contributed by atoms with E-state index in [4.69, 9.17) is 46.8 Å². The Labute approximate surface area is 744 Å². The lowest BCUT2D eigenvalue weighted by Gasteiger charge is -2.42. The number of aromatic nitrogens is 1. The summed E-state index contributed by atoms with van der Waals surface area (Å²) in [4.78, 5) is 192. The number of benzene rings is 4. The quantitative estimate of drug-likeness (QED) is 0.0147. The molecule has 17 atom stereocenters. The number of halogens is 1. The van der Waals surface area contributed by atoms with E-state index in [1.54, 1.807) is 98.9 Å². The van der Waals surface area contributed by atoms with E-state index in [0.29, 0.717) is 46.0 Å². The van der Waals surface area contributed by atoms with Crippen molar-refractivity contribution in [1.82, 2.24) is 57.7 Å². The van der Waals surface area contributed by atoms with Crippen LogP contribution in [-0.4, -0.2) is 256 Å². The van der Waals surface area contributed by atoms with E-state index >= 15 is 14.4 Å². The van der Waals surface area contributed by atoms with Crippen LogP contribution in [0.15, 0.2) is 121 Å². The number of carbonyl (C=O) groups excluding carboxylic acids is 13. The number of phenols is 1. The molecular formula is C85H111ClN14O21S4. The van der Waals surface area contributed by atoms with Crippen molar-refractivity contribution in [2.45, 2.75) is 202 Å². The standard InChI is InChI=1S/C85H111ClN14O21S4/c1-45-19-18-25-67(118-10)85(116)40-66(119-83(115)98-85)46(2)73-84(6,121-73)68(39-70(105)100(8)64-36-52(33-45)37-65(117-9)71(64)86)120-82(114)47(3)99(7)69(104)30-32-122-123-42-61(74(88)106)94-80(112)63-44-125-124-43-62(95-76(108)58(90-49(5)102)34-50-20-12-11-13-21-50)79(111)92-59(35-51-26-28-54(103)29-27-51)77(109)93-60(38-53-41-89-56-23-15-14-22-55(53)56)78(110)91-57(24-16-17-31-87)75(107)97-72(48(4)101)81(113)96-63/h11-15,18-23,25-29,36-37,41,46-48,57-63,66-68,72-73,89,101,103,116H,16-17,24,30-35,38-40,42-44,87H2,1-10H3,(H2,88,106)(H,90,102)(H,91,110)(H,92,111)(H,93,109)(H,94,112)(H,95,108)(H,96,113)(H,97,107)(H,98,115)/b25-18+,45-19+/t46-,47+,48-,57+,58-,59+,60-,61-,62+,63+,66+,67-,68+,72+,73?,84+,85+/m1/s1. The number of aromatic hydroxyl groups is 1. The molecule has 17 N–H and O–H groups in total. The molecule has 0 aliphatic carbocycles. The second-order valence-electron chi connectivity index (χ2n) is 31.5. The topological polar surface area (TPSA) is 515 Å². The number of nitrogens with zero attached hydrogens (tertiary/aromatic N) is 2. The molecule has 4 aromatic carbocycles. The highest BCUT2D eigenvalue weighted by atomic mass is 35.5. The minimum atomic E-state index is -1.96. The highest BCUT2D eigenvalue weighted by Gasteiger charge is 2.65. The normalized spacial score (nSPS) is 26.1. The van der Waals surface area contributed by atoms with Crippen molar-refractivity contribution < 1.29 is 101 Å². The van der Waals surface area contributed by atoms with Crippen LogP contribution >= 0.6 is 54.8 Å². The van der Waals surface area contributed by atoms with Gasteiger partial charge in [0.1, 0.15) is 94.8 Å². The molecular weight excluding hydrogens is 1720 g/mol. The first-order valence-electron chi connectivity index (χ1n) is 40.7. The minimum absolute atomic E-state index is 0.0315. The number of esters is 1. The number of allylic oxidation sites excluding steroid dienone is 3. The number of H-pyrrole nitrogens is 1. The number of hydrogen-bond acceptors (Lipinski definition) is 26. The predicted octanol–water partition coefficient (Wildman–Crippen LogP) is 3.49. The Kier molecular flexibility index (Phi) is 36.2. The summed E-state index contributed by atoms with van der Waals surface area (Å²) < 4.78 is 29.7. The van der Waals surface area contributed by atoms with Crippen molar-refractivity contribution in [2.75, 3.05) is 62.8 Å². The zero-order valence-electron chi connectivity index (χ0n) is 71.0. The Morgan fingerprint density at radius 3 is 2.18 bits per heavy atom. The first kappa shape index (κ1) is 98.7. The van der Waals surface area contributed by atoms with Gasteiger partial charge >= 0.3 is 12.1 Å². The first-order chi connectivity index (χ1) is 59.4. The third-order valence-electron chi connectivity index (χ3n) is 22.1. The molecule has 5 heterocycles. The number of aliphatic hydroxyl groups is 2. The fourth-order valence-corrected chi connectivity index (χ4v) is 19.4. The van der Waals surface area contributed by atoms with Gasteiger partial charge in [0.15, 0.2) is 5.72 Å². The molecule has 9 rings (SSSR count). The molecule has 3 fully saturated rings. The van der Waals surface area contributed by atoms with Gasteiger partial charge in [0.05, 0.1) is 31.4 Å². The van der Waals surface area contributed by atoms with E-state index in [1.807, 2.05) is 13.0 Å². The summed E-state index contributed by atoms with van der Waals surface area (Å²) in [5.74, 6) is -11.7. The molecule has 12 amide bonds. The van der Waals surface area contributed by atoms with Crippen molar-refractivity contribution in [3.05, 3.63) is 148 Å². The number of anilines is 1. The van der Waals surface area contributed by atoms with Crippen molar-refractivity contribution in [3.63, 3.8) is 0 Å². The average molecular weight is 1830 g/mol. The second-order valence-corrected chi connectivity index (χ2v) is 37.0. The number of primary amides is 1. The molecule has 35 nitrogen and oxygen atoms in total. The average Bonchev–Trinajstić information content (AvgIpc) is 1.57. The molecule has 4 aliphatic heterocycles. The van der Waals surface area contributed by atoms with Crippen molar-refractivity contribution in [2.24, 2.45) is 17.4 Å². The monoisotopic (exact) mass is 1830 g/mol. The highest BCUT2D eigenvalue weighted by molar-refractivity contribution is 8.77. The smallest absolute Gasteiger partial charge is 0.409 e. The van der Waals surface area contributed by atoms with E-state index in [2.05, 4.69) is 52.8 Å². The van der Waals surface area contributed by atoms with E-state index in [1.165, 1.54) is 78.3 Å². The zero-order chi connectivity index (χ0) is 91.1. The second kappa shape index (κ2) is 45.9. The molecule has 3 saturated heterocycles. The van der Waals surface area contributed by atoms with E-state index in [9.17, 15) is 63.3 Å². The third kappa shape index (κ3) is 27.2. The van der Waals surface area contributed by atoms with Crippen molar-refractivity contribution in [3.8, 4) is 11.5 Å². The van der Waals surface area contributed by atoms with Gasteiger partial charge in [-0.25, -0.2) is 9.59 Å². The highest BCUT2D eigenvalue weighted by Crippen LogP contribution is 2.49. The Morgan fingerprint density at radius 2 is 1.50 bits per heavy atom. The number of carbonyl (C=O) groups is 13. The van der Waals surface area contributed by atoms with E-state index in [-0.39, 0.29) is 91.0 Å². The number of methoxy groups -OCH3 is 2. The van der Waals surface area contributed by atoms with Crippen LogP contribution in [0.2, 0.25) is 5.02 Å². The SMILES string of the molecule is COc1cc2cc(c1Cl)N(C)C(=O)C[C@H](OC(=O)[C@H](C)N(C)C(=O)CCSSC[C@@H](NC(=O)[C@@H]1CSSC[C@H](NC(=O)[C@@H](Cc3ccccc3)NC(C)=O)C(=O)N[C@@H](Cc3ccc(O)cc3)C(=O)N[C@H](Cc3c[nH]c4ccccc34)C(=O)N[C@@H](CCCCN)C(=O)N[C@@H]([C@@H](C)O)C(=O)N1)C(N)=O)[C@]1(C)OC1[C@H](C)[C@@H]1C[C@@](O)(NC(=O)O1)[C@H](OC)/C=C/C=C(\C)C2. The molecule has 0 radical (unpaired) electrons. The van der Waals surface area contributed by atoms with Crippen LogP contribution < -0.4 is 69.0 Å². The van der Waals surface area contributed by atoms with Crippen molar-refractivity contribution >= 4 is 148 Å². The van der Waals surface area contributed by atoms with Crippen LogP contribution in [0.25, 0.3) is 10.9 Å². The number of hydrogen-bond donors (Lipinski definition) is 15. The first-order valence-corrected chi connectivity index (χ1v) is 46.1. The van der Waals surface area contributed by atoms with Crippen LogP contribution in [0.1, 0.15) is 102 Å². The lowest BCUT2D eigenvalue weighted by Crippen LogP contribution is -2.63. The summed E-state index contributed by atoms with van der Waals surface area (Å²) in [6.45, 7) is 9.24. The van der Waals surface area contributed by atoms with Gasteiger partial charge in [-0.1, -0.05) is 146 Å². The number of unbranched alkanes of at least 4 members (excludes halogenated alkanes) is 1. The number of aromatic amines is 1. The fraction of sp³-hybridized carbons (Fsp3) is 0.494. The Hall–Kier alpha value is -10.1. The number of phenolic OH excluding ortho intramolecular Hbond substituents is 1. The summed E-state index contributed by atoms with van der Waals surface area (Å²) in [6.07, 6.45) is -0.534. The number of para-hydroxylation sites is 1. The Bertz CT molecular complexity index is 4760. The summed E-state index contributed by atoms with van der Waals surface area (Å²) >= 11 is 6.89. The molecule has 678 valence electrons. The van der Waals surface area contributed by atoms with Gasteiger partial charge in [-0.2, -0.15) is 0 Å². The number of fused-ring (bicyclic) bond motifs is 6. The maximum absolute atomic E-state index is 15.2. The van der Waals surface area contributed by atoms with Crippen molar-refractivity contribution in [1.29, 1.82) is 0 Å². The van der Waals surface area contributed by atoms with E-state index in [0.717, 1.165) is 53.6 Å². The summed E-state index contributed by atoms with van der Waals surface area (Å²) in [5, 5.41) is 58.3. The van der Waals surface area contributed by atoms with Gasteiger partial charge in [-0.3, -0.25) is 58.1 Å². The lowest BCUT2D eigenvalue weighted by molar-refractivity contribution is -0.162. The number of alkyl carbamates (subject to hydrolysis) is 1. The molecule has 0 saturated carbocycles. The molecule has 125 heavy (non-hydrogen) atoms. The Balaban J connectivity index is 0.925. The fourth-order valence-electron chi connectivity index (χ4n) is 14.6. The number of rotatable bonds is 28. The van der Waals surface area contributed by atoms with Crippen LogP contribution in [-0.2, 0) is 102 Å². The number of epoxide rings is 1. The third-order valence-corrected chi connectivity index (χ3v) is 27.3. The maximum Gasteiger partial charge on any atom is 0.409 e. The number of nitrogens with one attached hydrogen (secondary N) is 10. The van der Waals surface area contributed by atoms with Crippen LogP contribution in [0.4, 0.5) is 10.5 Å². The minimum Gasteiger partial charge on any atom is -0.508 e. The van der Waals surface area contributed by atoms with Crippen LogP contribution in [0, 0.1) is 5.92 Å². The molecule has 1 aromatic heterocycles. The van der Waals surface area contributed by atoms with E-state index < -0.39 is 191 Å². The summed E-state index contributed by atoms with van der Waals surface area (Å²) in [6, 6.07) is 11.5. The number of likely N-dealkylation sites (N-methyl/N-ethyl adjacent to an activating group) is 1. The zero-order valence-corrected chi connectivity index (χ0v) is 75.0. The predicted molar refractivity (Wildman–Crippen MR) is 474 cm³/mol. The van der Waals surface area contributed by atoms with Crippen LogP contribution in [0.5, 0.6) is 11.5 Å². The number of ether oxygens (including phenoxy) is 5. The van der Waals surface area contributed by atoms with Gasteiger partial charge in [0.25, 0.3) is 0 Å².